The van der Waals surface area contributed by atoms with E-state index >= 15 is 0 Å². The number of esters is 1. The Hall–Kier alpha value is -2.47. The van der Waals surface area contributed by atoms with Crippen LogP contribution in [0.15, 0.2) is 77.9 Å². The summed E-state index contributed by atoms with van der Waals surface area (Å²) in [5.74, 6) is 0.858. The molecule has 9 atom stereocenters. The van der Waals surface area contributed by atoms with Gasteiger partial charge in [-0.05, 0) is 97.7 Å². The number of benzene rings is 1. The molecule has 1 aliphatic heterocycles. The second kappa shape index (κ2) is 12.4. The van der Waals surface area contributed by atoms with Crippen molar-refractivity contribution in [1.29, 1.82) is 0 Å². The van der Waals surface area contributed by atoms with Gasteiger partial charge >= 0.3 is 5.97 Å². The molecule has 1 heterocycles. The molecule has 222 valence electrons. The second-order valence-corrected chi connectivity index (χ2v) is 13.4. The number of hydrogen-bond acceptors (Lipinski definition) is 5. The Morgan fingerprint density at radius 1 is 1.12 bits per heavy atom. The van der Waals surface area contributed by atoms with Crippen LogP contribution >= 0.6 is 0 Å². The number of allylic oxidation sites excluding steroid dienone is 3. The number of ether oxygens (including phenoxy) is 1. The van der Waals surface area contributed by atoms with Crippen molar-refractivity contribution in [3.05, 3.63) is 83.5 Å². The monoisotopic (exact) mass is 560 g/mol. The first-order chi connectivity index (χ1) is 19.7. The Labute approximate surface area is 245 Å². The maximum atomic E-state index is 12.6. The van der Waals surface area contributed by atoms with E-state index in [0.29, 0.717) is 48.2 Å². The van der Waals surface area contributed by atoms with Crippen molar-refractivity contribution in [1.82, 2.24) is 0 Å². The van der Waals surface area contributed by atoms with Crippen LogP contribution in [0.1, 0.15) is 83.1 Å². The summed E-state index contributed by atoms with van der Waals surface area (Å²) < 4.78 is 5.90. The van der Waals surface area contributed by atoms with Crippen molar-refractivity contribution < 1.29 is 24.9 Å². The first-order valence-corrected chi connectivity index (χ1v) is 15.7. The molecule has 0 unspecified atom stereocenters. The zero-order chi connectivity index (χ0) is 29.3. The van der Waals surface area contributed by atoms with E-state index in [-0.39, 0.29) is 35.9 Å². The van der Waals surface area contributed by atoms with E-state index in [1.54, 1.807) is 0 Å². The van der Waals surface area contributed by atoms with E-state index in [1.165, 1.54) is 18.4 Å². The van der Waals surface area contributed by atoms with Crippen LogP contribution in [0.2, 0.25) is 0 Å². The van der Waals surface area contributed by atoms with Gasteiger partial charge in [0.05, 0.1) is 18.1 Å². The maximum absolute atomic E-state index is 12.6. The van der Waals surface area contributed by atoms with E-state index in [4.69, 9.17) is 4.74 Å². The molecule has 1 aromatic carbocycles. The van der Waals surface area contributed by atoms with Crippen LogP contribution in [-0.4, -0.2) is 46.2 Å². The van der Waals surface area contributed by atoms with E-state index in [9.17, 15) is 20.1 Å². The molecule has 4 fully saturated rings. The highest BCUT2D eigenvalue weighted by atomic mass is 16.6. The summed E-state index contributed by atoms with van der Waals surface area (Å²) in [5.41, 5.74) is 4.98. The first-order valence-electron chi connectivity index (χ1n) is 15.7. The van der Waals surface area contributed by atoms with E-state index in [2.05, 4.69) is 51.3 Å². The summed E-state index contributed by atoms with van der Waals surface area (Å²) in [6, 6.07) is 10.2. The molecule has 3 aliphatic carbocycles. The van der Waals surface area contributed by atoms with Gasteiger partial charge in [0.2, 0.25) is 0 Å². The molecule has 1 saturated heterocycles. The number of hydrogen-bond donors (Lipinski definition) is 3. The molecule has 0 radical (unpaired) electrons. The fourth-order valence-electron chi connectivity index (χ4n) is 8.86. The third-order valence-electron chi connectivity index (χ3n) is 11.0. The third-order valence-corrected chi connectivity index (χ3v) is 11.0. The smallest absolute Gasteiger partial charge is 0.334 e. The molecule has 1 aromatic rings. The van der Waals surface area contributed by atoms with Gasteiger partial charge in [-0.15, -0.1) is 0 Å². The Kier molecular flexibility index (Phi) is 9.08. The summed E-state index contributed by atoms with van der Waals surface area (Å²) in [4.78, 5) is 12.6. The zero-order valence-electron chi connectivity index (χ0n) is 24.8. The van der Waals surface area contributed by atoms with E-state index in [0.717, 1.165) is 36.8 Å². The Bertz CT molecular complexity index is 1200. The van der Waals surface area contributed by atoms with Gasteiger partial charge in [0.15, 0.2) is 0 Å². The van der Waals surface area contributed by atoms with Crippen LogP contribution in [0.5, 0.6) is 0 Å². The molecule has 41 heavy (non-hydrogen) atoms. The second-order valence-electron chi connectivity index (χ2n) is 13.4. The number of carbonyl (C=O) groups excluding carboxylic acids is 1. The molecule has 0 amide bonds. The summed E-state index contributed by atoms with van der Waals surface area (Å²) in [5, 5.41) is 30.8. The predicted molar refractivity (Wildman–Crippen MR) is 162 cm³/mol. The lowest BCUT2D eigenvalue weighted by atomic mass is 9.60. The molecule has 3 saturated carbocycles. The van der Waals surface area contributed by atoms with Crippen molar-refractivity contribution in [3.8, 4) is 0 Å². The Balaban J connectivity index is 1.30. The molecule has 0 bridgehead atoms. The third kappa shape index (κ3) is 5.78. The number of aliphatic hydroxyl groups excluding tert-OH is 3. The van der Waals surface area contributed by atoms with Crippen molar-refractivity contribution in [2.24, 2.45) is 29.1 Å². The summed E-state index contributed by atoms with van der Waals surface area (Å²) in [6.45, 7) is 13.1. The molecule has 3 N–H and O–H groups in total. The van der Waals surface area contributed by atoms with Gasteiger partial charge in [-0.3, -0.25) is 0 Å². The van der Waals surface area contributed by atoms with Crippen molar-refractivity contribution in [2.75, 3.05) is 6.61 Å². The average Bonchev–Trinajstić information content (AvgIpc) is 3.45. The normalized spacial score (nSPS) is 38.4. The van der Waals surface area contributed by atoms with Gasteiger partial charge in [0.25, 0.3) is 0 Å². The van der Waals surface area contributed by atoms with Crippen LogP contribution in [-0.2, 0) is 9.53 Å². The van der Waals surface area contributed by atoms with E-state index in [1.807, 2.05) is 18.2 Å². The number of rotatable bonds is 8. The Morgan fingerprint density at radius 3 is 2.61 bits per heavy atom. The van der Waals surface area contributed by atoms with Crippen LogP contribution < -0.4 is 0 Å². The molecule has 5 heteroatoms. The number of cyclic esters (lactones) is 1. The highest BCUT2D eigenvalue weighted by Gasteiger charge is 2.52. The topological polar surface area (TPSA) is 87.0 Å². The number of aliphatic hydroxyl groups is 3. The molecule has 4 aliphatic rings. The first kappa shape index (κ1) is 30.0. The van der Waals surface area contributed by atoms with Crippen molar-refractivity contribution in [2.45, 2.75) is 95.9 Å². The molecule has 0 aromatic heterocycles. The quantitative estimate of drug-likeness (QED) is 0.252. The highest BCUT2D eigenvalue weighted by molar-refractivity contribution is 5.92. The largest absolute Gasteiger partial charge is 0.458 e. The van der Waals surface area contributed by atoms with Gasteiger partial charge < -0.3 is 20.1 Å². The minimum Gasteiger partial charge on any atom is -0.458 e. The van der Waals surface area contributed by atoms with Gasteiger partial charge in [-0.25, -0.2) is 4.79 Å². The van der Waals surface area contributed by atoms with Gasteiger partial charge in [0.1, 0.15) is 6.10 Å². The maximum Gasteiger partial charge on any atom is 0.334 e. The highest BCUT2D eigenvalue weighted by Crippen LogP contribution is 2.60. The van der Waals surface area contributed by atoms with Crippen LogP contribution in [0.25, 0.3) is 0 Å². The van der Waals surface area contributed by atoms with Crippen LogP contribution in [0.3, 0.4) is 0 Å². The van der Waals surface area contributed by atoms with E-state index < -0.39 is 12.2 Å². The van der Waals surface area contributed by atoms with Gasteiger partial charge in [0, 0.05) is 18.1 Å². The van der Waals surface area contributed by atoms with Gasteiger partial charge in [-0.2, -0.15) is 0 Å². The van der Waals surface area contributed by atoms with Crippen LogP contribution in [0, 0.1) is 29.1 Å². The lowest BCUT2D eigenvalue weighted by molar-refractivity contribution is -0.139. The van der Waals surface area contributed by atoms with Gasteiger partial charge in [-0.1, -0.05) is 75.1 Å². The molecule has 5 nitrogen and oxygen atoms in total. The lowest BCUT2D eigenvalue weighted by Crippen LogP contribution is -2.38. The SMILES string of the molecule is C=C1/C(=C\C=C2/CCC[C@]3(C)[C@@H]([C@H](C)C[C@H]4OC(=O)C(=C)[C@@H]4c4ccccc4)CC[C@@H]23)C[C@@H](O)[C@H](CCCO)[C@@H]1O. The minimum atomic E-state index is -0.774. The van der Waals surface area contributed by atoms with Crippen molar-refractivity contribution >= 4 is 5.97 Å². The lowest BCUT2D eigenvalue weighted by Gasteiger charge is -2.45. The fraction of sp³-hybridized carbons (Fsp3) is 0.583. The number of carbonyl (C=O) groups is 1. The molecular weight excluding hydrogens is 512 g/mol. The summed E-state index contributed by atoms with van der Waals surface area (Å²) in [7, 11) is 0. The van der Waals surface area contributed by atoms with Crippen LogP contribution in [0.4, 0.5) is 0 Å². The summed E-state index contributed by atoms with van der Waals surface area (Å²) >= 11 is 0. The zero-order valence-corrected chi connectivity index (χ0v) is 24.8. The summed E-state index contributed by atoms with van der Waals surface area (Å²) in [6.07, 6.45) is 11.1. The molecule has 5 rings (SSSR count). The standard InChI is InChI=1S/C36H48O5/c1-22(20-32-33(24(3)35(40)41-32)26-10-6-5-7-11-26)29-16-17-30-25(12-8-18-36(29,30)4)14-15-27-21-31(38)28(13-9-19-37)34(39)23(27)2/h5-7,10-11,14-15,22,28-34,37-39H,2-3,8-9,12-13,16-21H2,1,4H3/b25-14+,27-15-/t22-,28+,29-,30+,31-,32-,33-,34-,36-/m1/s1. The average molecular weight is 561 g/mol. The van der Waals surface area contributed by atoms with Crippen molar-refractivity contribution in [3.63, 3.8) is 0 Å². The predicted octanol–water partition coefficient (Wildman–Crippen LogP) is 6.42. The number of fused-ring (bicyclic) bond motifs is 1. The minimum absolute atomic E-state index is 0.0612. The Morgan fingerprint density at radius 2 is 1.88 bits per heavy atom. The molecular formula is C36H48O5. The fourth-order valence-corrected chi connectivity index (χ4v) is 8.86. The molecule has 0 spiro atoms.